The van der Waals surface area contributed by atoms with Gasteiger partial charge in [0, 0.05) is 25.2 Å². The molecule has 0 aliphatic carbocycles. The third-order valence-electron chi connectivity index (χ3n) is 3.29. The maximum Gasteiger partial charge on any atom is 0.279 e. The van der Waals surface area contributed by atoms with Gasteiger partial charge in [0.15, 0.2) is 0 Å². The lowest BCUT2D eigenvalue weighted by atomic mass is 9.94. The fourth-order valence-corrected chi connectivity index (χ4v) is 4.07. The van der Waals surface area contributed by atoms with E-state index < -0.39 is 10.2 Å². The van der Waals surface area contributed by atoms with Gasteiger partial charge in [-0.25, -0.2) is 0 Å². The summed E-state index contributed by atoms with van der Waals surface area (Å²) < 4.78 is 28.2. The molecule has 2 N–H and O–H groups in total. The number of hydrogen-bond acceptors (Lipinski definition) is 3. The Morgan fingerprint density at radius 3 is 2.75 bits per heavy atom. The molecular formula is C10H21N3O2S. The summed E-state index contributed by atoms with van der Waals surface area (Å²) in [7, 11) is -3.27. The topological polar surface area (TPSA) is 61.4 Å². The normalized spacial score (nSPS) is 31.9. The van der Waals surface area contributed by atoms with Crippen LogP contribution in [-0.2, 0) is 10.2 Å². The molecular weight excluding hydrogens is 226 g/mol. The van der Waals surface area contributed by atoms with Crippen LogP contribution in [0.2, 0.25) is 0 Å². The maximum absolute atomic E-state index is 12.0. The van der Waals surface area contributed by atoms with Crippen LogP contribution in [0.4, 0.5) is 0 Å². The van der Waals surface area contributed by atoms with E-state index in [1.54, 1.807) is 4.31 Å². The van der Waals surface area contributed by atoms with Crippen LogP contribution in [0, 0.1) is 5.92 Å². The summed E-state index contributed by atoms with van der Waals surface area (Å²) in [5, 5.41) is 3.40. The fraction of sp³-hybridized carbons (Fsp3) is 1.00. The molecule has 0 unspecified atom stereocenters. The van der Waals surface area contributed by atoms with Crippen molar-refractivity contribution in [2.75, 3.05) is 19.6 Å². The molecule has 2 heterocycles. The molecule has 0 bridgehead atoms. The monoisotopic (exact) mass is 247 g/mol. The SMILES string of the molecule is CC(C)NS(=O)(=O)N1C[C@@H]2CCCN[C@@H]2C1. The van der Waals surface area contributed by atoms with E-state index in [0.29, 0.717) is 25.0 Å². The Morgan fingerprint density at radius 1 is 1.38 bits per heavy atom. The first kappa shape index (κ1) is 12.3. The van der Waals surface area contributed by atoms with Crippen LogP contribution in [0.25, 0.3) is 0 Å². The predicted octanol–water partition coefficient (Wildman–Crippen LogP) is -0.0870. The Labute approximate surface area is 97.8 Å². The van der Waals surface area contributed by atoms with E-state index in [4.69, 9.17) is 0 Å². The molecule has 0 saturated carbocycles. The Kier molecular flexibility index (Phi) is 3.53. The average Bonchev–Trinajstić information content (AvgIpc) is 2.59. The van der Waals surface area contributed by atoms with Crippen LogP contribution in [0.5, 0.6) is 0 Å². The van der Waals surface area contributed by atoms with Gasteiger partial charge in [-0.3, -0.25) is 0 Å². The van der Waals surface area contributed by atoms with Gasteiger partial charge in [-0.2, -0.15) is 17.4 Å². The Morgan fingerprint density at radius 2 is 2.12 bits per heavy atom. The first-order valence-corrected chi connectivity index (χ1v) is 7.44. The van der Waals surface area contributed by atoms with E-state index in [1.165, 1.54) is 0 Å². The second-order valence-electron chi connectivity index (χ2n) is 5.06. The minimum Gasteiger partial charge on any atom is -0.312 e. The number of nitrogens with zero attached hydrogens (tertiary/aromatic N) is 1. The van der Waals surface area contributed by atoms with Crippen LogP contribution in [0.3, 0.4) is 0 Å². The number of nitrogens with one attached hydrogen (secondary N) is 2. The van der Waals surface area contributed by atoms with Gasteiger partial charge in [-0.15, -0.1) is 0 Å². The number of piperidine rings is 1. The van der Waals surface area contributed by atoms with Gasteiger partial charge in [0.1, 0.15) is 0 Å². The van der Waals surface area contributed by atoms with E-state index in [-0.39, 0.29) is 6.04 Å². The van der Waals surface area contributed by atoms with Crippen LogP contribution in [-0.4, -0.2) is 44.4 Å². The number of hydrogen-bond donors (Lipinski definition) is 2. The average molecular weight is 247 g/mol. The molecule has 0 amide bonds. The third-order valence-corrected chi connectivity index (χ3v) is 5.04. The van der Waals surface area contributed by atoms with Crippen LogP contribution in [0.15, 0.2) is 0 Å². The lowest BCUT2D eigenvalue weighted by molar-refractivity contribution is 0.339. The van der Waals surface area contributed by atoms with E-state index in [2.05, 4.69) is 10.0 Å². The zero-order chi connectivity index (χ0) is 11.8. The van der Waals surface area contributed by atoms with Crippen molar-refractivity contribution in [1.29, 1.82) is 0 Å². The molecule has 0 aromatic rings. The molecule has 94 valence electrons. The van der Waals surface area contributed by atoms with Gasteiger partial charge in [-0.05, 0) is 39.2 Å². The molecule has 2 aliphatic rings. The fourth-order valence-electron chi connectivity index (χ4n) is 2.58. The summed E-state index contributed by atoms with van der Waals surface area (Å²) in [5.41, 5.74) is 0. The van der Waals surface area contributed by atoms with Crippen molar-refractivity contribution in [3.8, 4) is 0 Å². The van der Waals surface area contributed by atoms with Gasteiger partial charge in [0.05, 0.1) is 0 Å². The Hall–Kier alpha value is -0.170. The van der Waals surface area contributed by atoms with Crippen molar-refractivity contribution in [3.05, 3.63) is 0 Å². The molecule has 2 atom stereocenters. The number of fused-ring (bicyclic) bond motifs is 1. The smallest absolute Gasteiger partial charge is 0.279 e. The second-order valence-corrected chi connectivity index (χ2v) is 6.76. The summed E-state index contributed by atoms with van der Waals surface area (Å²) in [6.07, 6.45) is 2.30. The lowest BCUT2D eigenvalue weighted by Crippen LogP contribution is -2.44. The van der Waals surface area contributed by atoms with Crippen molar-refractivity contribution < 1.29 is 8.42 Å². The molecule has 2 rings (SSSR count). The lowest BCUT2D eigenvalue weighted by Gasteiger charge is -2.24. The minimum absolute atomic E-state index is 0.0411. The van der Waals surface area contributed by atoms with E-state index >= 15 is 0 Å². The second kappa shape index (κ2) is 4.60. The van der Waals surface area contributed by atoms with Crippen molar-refractivity contribution in [2.45, 2.75) is 38.8 Å². The summed E-state index contributed by atoms with van der Waals surface area (Å²) in [5.74, 6) is 0.498. The molecule has 16 heavy (non-hydrogen) atoms. The van der Waals surface area contributed by atoms with Gasteiger partial charge in [0.25, 0.3) is 10.2 Å². The van der Waals surface area contributed by atoms with Crippen LogP contribution >= 0.6 is 0 Å². The first-order chi connectivity index (χ1) is 7.49. The van der Waals surface area contributed by atoms with E-state index in [1.807, 2.05) is 13.8 Å². The van der Waals surface area contributed by atoms with Gasteiger partial charge < -0.3 is 5.32 Å². The molecule has 2 fully saturated rings. The Balaban J connectivity index is 2.02. The van der Waals surface area contributed by atoms with Crippen LogP contribution in [0.1, 0.15) is 26.7 Å². The third kappa shape index (κ3) is 2.56. The molecule has 5 nitrogen and oxygen atoms in total. The van der Waals surface area contributed by atoms with Crippen molar-refractivity contribution in [3.63, 3.8) is 0 Å². The van der Waals surface area contributed by atoms with Crippen molar-refractivity contribution >= 4 is 10.2 Å². The van der Waals surface area contributed by atoms with Gasteiger partial charge in [-0.1, -0.05) is 0 Å². The zero-order valence-electron chi connectivity index (χ0n) is 9.94. The molecule has 0 spiro atoms. The highest BCUT2D eigenvalue weighted by Crippen LogP contribution is 2.26. The number of rotatable bonds is 3. The van der Waals surface area contributed by atoms with E-state index in [0.717, 1.165) is 19.4 Å². The van der Waals surface area contributed by atoms with Crippen LogP contribution < -0.4 is 10.0 Å². The highest BCUT2D eigenvalue weighted by Gasteiger charge is 2.39. The highest BCUT2D eigenvalue weighted by molar-refractivity contribution is 7.87. The summed E-state index contributed by atoms with van der Waals surface area (Å²) in [6, 6.07) is 0.318. The Bertz CT molecular complexity index is 328. The standard InChI is InChI=1S/C10H21N3O2S/c1-8(2)12-16(14,15)13-6-9-4-3-5-11-10(9)7-13/h8-12H,3-7H2,1-2H3/t9-,10+/m0/s1. The summed E-state index contributed by atoms with van der Waals surface area (Å²) in [4.78, 5) is 0. The summed E-state index contributed by atoms with van der Waals surface area (Å²) in [6.45, 7) is 6.00. The zero-order valence-corrected chi connectivity index (χ0v) is 10.8. The largest absolute Gasteiger partial charge is 0.312 e. The van der Waals surface area contributed by atoms with Crippen molar-refractivity contribution in [2.24, 2.45) is 5.92 Å². The molecule has 2 aliphatic heterocycles. The van der Waals surface area contributed by atoms with Gasteiger partial charge in [0.2, 0.25) is 0 Å². The van der Waals surface area contributed by atoms with Gasteiger partial charge >= 0.3 is 0 Å². The molecule has 2 saturated heterocycles. The quantitative estimate of drug-likeness (QED) is 0.733. The molecule has 0 aromatic heterocycles. The highest BCUT2D eigenvalue weighted by atomic mass is 32.2. The first-order valence-electron chi connectivity index (χ1n) is 6.00. The molecule has 0 radical (unpaired) electrons. The predicted molar refractivity (Wildman–Crippen MR) is 63.3 cm³/mol. The van der Waals surface area contributed by atoms with E-state index in [9.17, 15) is 8.42 Å². The van der Waals surface area contributed by atoms with Crippen molar-refractivity contribution in [1.82, 2.24) is 14.3 Å². The molecule has 0 aromatic carbocycles. The summed E-state index contributed by atoms with van der Waals surface area (Å²) >= 11 is 0. The maximum atomic E-state index is 12.0. The molecule has 6 heteroatoms. The minimum atomic E-state index is -3.27.